The predicted octanol–water partition coefficient (Wildman–Crippen LogP) is 1.60. The van der Waals surface area contributed by atoms with Gasteiger partial charge in [-0.1, -0.05) is 13.8 Å². The summed E-state index contributed by atoms with van der Waals surface area (Å²) in [6.45, 7) is 9.08. The molecule has 188 valence electrons. The quantitative estimate of drug-likeness (QED) is 0.587. The second-order valence-electron chi connectivity index (χ2n) is 10.6. The number of carbonyl (C=O) groups excluding carboxylic acids is 3. The number of piperazine rings is 1. The lowest BCUT2D eigenvalue weighted by molar-refractivity contribution is -0.149. The topological polar surface area (TPSA) is 123 Å². The molecule has 1 aliphatic heterocycles. The van der Waals surface area contributed by atoms with Crippen molar-refractivity contribution in [3.63, 3.8) is 0 Å². The Morgan fingerprint density at radius 3 is 2.38 bits per heavy atom. The first-order valence-corrected chi connectivity index (χ1v) is 12.9. The van der Waals surface area contributed by atoms with E-state index in [1.807, 2.05) is 11.8 Å². The van der Waals surface area contributed by atoms with E-state index in [1.165, 1.54) is 18.3 Å². The number of aliphatic hydroxyl groups is 2. The van der Waals surface area contributed by atoms with Gasteiger partial charge in [-0.05, 0) is 30.6 Å². The maximum Gasteiger partial charge on any atom is 0.223 e. The number of aromatic nitrogens is 1. The van der Waals surface area contributed by atoms with E-state index < -0.39 is 11.5 Å². The first-order chi connectivity index (χ1) is 16.0. The van der Waals surface area contributed by atoms with Gasteiger partial charge in [-0.25, -0.2) is 4.98 Å². The minimum atomic E-state index is -0.683. The van der Waals surface area contributed by atoms with Gasteiger partial charge >= 0.3 is 0 Å². The molecule has 3 N–H and O–H groups in total. The summed E-state index contributed by atoms with van der Waals surface area (Å²) >= 11 is 1.43. The van der Waals surface area contributed by atoms with Gasteiger partial charge in [0, 0.05) is 62.7 Å². The zero-order chi connectivity index (χ0) is 24.8. The van der Waals surface area contributed by atoms with Crippen LogP contribution in [0.3, 0.4) is 0 Å². The molecule has 1 aromatic heterocycles. The molecule has 1 saturated carbocycles. The molecule has 4 rings (SSSR count). The number of nitrogens with zero attached hydrogens (tertiary/aromatic N) is 3. The lowest BCUT2D eigenvalue weighted by Crippen LogP contribution is -2.58. The average molecular weight is 493 g/mol. The number of fused-ring (bicyclic) bond motifs is 2. The Bertz CT molecular complexity index is 975. The average Bonchev–Trinajstić information content (AvgIpc) is 3.19. The van der Waals surface area contributed by atoms with Crippen LogP contribution >= 0.6 is 11.3 Å². The third-order valence-electron chi connectivity index (χ3n) is 8.63. The molecule has 2 heterocycles. The van der Waals surface area contributed by atoms with Gasteiger partial charge in [0.2, 0.25) is 17.7 Å². The van der Waals surface area contributed by atoms with Crippen LogP contribution in [-0.2, 0) is 20.8 Å². The first kappa shape index (κ1) is 25.1. The highest BCUT2D eigenvalue weighted by Gasteiger charge is 2.59. The molecule has 5 unspecified atom stereocenters. The highest BCUT2D eigenvalue weighted by molar-refractivity contribution is 7.15. The second-order valence-corrected chi connectivity index (χ2v) is 11.7. The first-order valence-electron chi connectivity index (χ1n) is 12.1. The van der Waals surface area contributed by atoms with E-state index in [0.29, 0.717) is 44.2 Å². The molecule has 3 aliphatic rings. The van der Waals surface area contributed by atoms with Crippen LogP contribution < -0.4 is 5.32 Å². The summed E-state index contributed by atoms with van der Waals surface area (Å²) in [6, 6.07) is 0. The third-order valence-corrected chi connectivity index (χ3v) is 9.64. The van der Waals surface area contributed by atoms with Crippen LogP contribution in [0, 0.1) is 16.7 Å². The molecule has 0 radical (unpaired) electrons. The molecule has 0 bridgehead atoms. The highest BCUT2D eigenvalue weighted by Crippen LogP contribution is 2.62. The molecular weight excluding hydrogens is 456 g/mol. The van der Waals surface area contributed by atoms with Crippen molar-refractivity contribution >= 4 is 34.2 Å². The molecule has 1 aromatic rings. The lowest BCUT2D eigenvalue weighted by atomic mass is 9.47. The van der Waals surface area contributed by atoms with Crippen molar-refractivity contribution in [3.05, 3.63) is 10.6 Å². The van der Waals surface area contributed by atoms with Crippen LogP contribution in [-0.4, -0.2) is 81.6 Å². The number of hydrogen-bond donors (Lipinski definition) is 3. The lowest BCUT2D eigenvalue weighted by Gasteiger charge is -2.58. The van der Waals surface area contributed by atoms with E-state index in [9.17, 15) is 24.6 Å². The Balaban J connectivity index is 1.66. The van der Waals surface area contributed by atoms with Crippen LogP contribution in [0.2, 0.25) is 0 Å². The molecule has 1 saturated heterocycles. The van der Waals surface area contributed by atoms with Gasteiger partial charge in [0.05, 0.1) is 18.4 Å². The molecular formula is C24H36N4O5S. The molecule has 0 spiro atoms. The second kappa shape index (κ2) is 9.20. The molecule has 34 heavy (non-hydrogen) atoms. The number of anilines is 1. The SMILES string of the molecule is CC(=O)Nc1nc2c(s1)CC1C(C)(CO)C(O)CCC1(C)C2CC(=O)N1CCN(C(C)=O)CC1. The van der Waals surface area contributed by atoms with E-state index in [1.54, 1.807) is 11.8 Å². The Morgan fingerprint density at radius 1 is 1.15 bits per heavy atom. The Hall–Kier alpha value is -2.04. The van der Waals surface area contributed by atoms with E-state index in [2.05, 4.69) is 12.2 Å². The van der Waals surface area contributed by atoms with Gasteiger partial charge < -0.3 is 25.3 Å². The van der Waals surface area contributed by atoms with E-state index >= 15 is 0 Å². The summed E-state index contributed by atoms with van der Waals surface area (Å²) in [4.78, 5) is 46.2. The molecule has 9 nitrogen and oxygen atoms in total. The Labute approximate surface area is 204 Å². The summed E-state index contributed by atoms with van der Waals surface area (Å²) in [5.74, 6) is -0.347. The van der Waals surface area contributed by atoms with Crippen LogP contribution in [0.1, 0.15) is 63.4 Å². The van der Waals surface area contributed by atoms with Crippen molar-refractivity contribution in [2.45, 2.75) is 65.4 Å². The number of nitrogens with one attached hydrogen (secondary N) is 1. The number of amides is 3. The van der Waals surface area contributed by atoms with Crippen molar-refractivity contribution in [3.8, 4) is 0 Å². The number of thiazole rings is 1. The van der Waals surface area contributed by atoms with Crippen LogP contribution in [0.4, 0.5) is 5.13 Å². The molecule has 2 fully saturated rings. The maximum atomic E-state index is 13.5. The van der Waals surface area contributed by atoms with Crippen molar-refractivity contribution in [2.24, 2.45) is 16.7 Å². The maximum absolute atomic E-state index is 13.5. The van der Waals surface area contributed by atoms with Gasteiger partial charge in [0.1, 0.15) is 0 Å². The Morgan fingerprint density at radius 2 is 1.79 bits per heavy atom. The Kier molecular flexibility index (Phi) is 6.78. The van der Waals surface area contributed by atoms with Crippen LogP contribution in [0.25, 0.3) is 0 Å². The number of aliphatic hydroxyl groups excluding tert-OH is 2. The summed E-state index contributed by atoms with van der Waals surface area (Å²) in [7, 11) is 0. The minimum absolute atomic E-state index is 0.0244. The zero-order valence-corrected chi connectivity index (χ0v) is 21.3. The van der Waals surface area contributed by atoms with Crippen molar-refractivity contribution in [2.75, 3.05) is 38.1 Å². The fraction of sp³-hybridized carbons (Fsp3) is 0.750. The van der Waals surface area contributed by atoms with Gasteiger partial charge in [0.15, 0.2) is 5.13 Å². The minimum Gasteiger partial charge on any atom is -0.396 e. The number of carbonyl (C=O) groups is 3. The fourth-order valence-corrected chi connectivity index (χ4v) is 7.54. The van der Waals surface area contributed by atoms with Gasteiger partial charge in [-0.3, -0.25) is 14.4 Å². The predicted molar refractivity (Wildman–Crippen MR) is 128 cm³/mol. The molecule has 0 aromatic carbocycles. The van der Waals surface area contributed by atoms with Gasteiger partial charge in [-0.15, -0.1) is 11.3 Å². The van der Waals surface area contributed by atoms with Crippen LogP contribution in [0.5, 0.6) is 0 Å². The summed E-state index contributed by atoms with van der Waals surface area (Å²) in [5, 5.41) is 24.5. The van der Waals surface area contributed by atoms with Gasteiger partial charge in [0.25, 0.3) is 0 Å². The number of rotatable bonds is 4. The third kappa shape index (κ3) is 4.24. The largest absolute Gasteiger partial charge is 0.396 e. The molecule has 3 amide bonds. The summed E-state index contributed by atoms with van der Waals surface area (Å²) in [6.07, 6.45) is 1.61. The van der Waals surface area contributed by atoms with Crippen LogP contribution in [0.15, 0.2) is 0 Å². The van der Waals surface area contributed by atoms with Gasteiger partial charge in [-0.2, -0.15) is 0 Å². The normalized spacial score (nSPS) is 33.2. The molecule has 10 heteroatoms. The van der Waals surface area contributed by atoms with Crippen molar-refractivity contribution in [1.82, 2.24) is 14.8 Å². The fourth-order valence-electron chi connectivity index (χ4n) is 6.42. The van der Waals surface area contributed by atoms with E-state index in [-0.39, 0.29) is 48.0 Å². The van der Waals surface area contributed by atoms with E-state index in [4.69, 9.17) is 4.98 Å². The van der Waals surface area contributed by atoms with Crippen molar-refractivity contribution < 1.29 is 24.6 Å². The number of hydrogen-bond acceptors (Lipinski definition) is 7. The molecule has 5 atom stereocenters. The van der Waals surface area contributed by atoms with Crippen molar-refractivity contribution in [1.29, 1.82) is 0 Å². The monoisotopic (exact) mass is 492 g/mol. The standard InChI is InChI=1S/C24H36N4O5S/c1-14(30)25-22-26-21-16(11-20(33)28-9-7-27(8-10-28)15(2)31)23(3)6-5-19(32)24(4,13-29)18(23)12-17(21)34-22/h16,18-19,29,32H,5-13H2,1-4H3,(H,25,26,30). The highest BCUT2D eigenvalue weighted by atomic mass is 32.1. The molecule has 2 aliphatic carbocycles. The smallest absolute Gasteiger partial charge is 0.223 e. The zero-order valence-electron chi connectivity index (χ0n) is 20.5. The van der Waals surface area contributed by atoms with E-state index in [0.717, 1.165) is 17.0 Å². The summed E-state index contributed by atoms with van der Waals surface area (Å²) in [5.41, 5.74) is -0.153. The summed E-state index contributed by atoms with van der Waals surface area (Å²) < 4.78 is 0.